The fourth-order valence-electron chi connectivity index (χ4n) is 1.13. The minimum absolute atomic E-state index is 0.144. The fourth-order valence-corrected chi connectivity index (χ4v) is 1.13. The lowest BCUT2D eigenvalue weighted by Gasteiger charge is -2.18. The molecule has 1 aromatic rings. The molecule has 0 bridgehead atoms. The second-order valence-electron chi connectivity index (χ2n) is 3.45. The Morgan fingerprint density at radius 1 is 1.62 bits per heavy atom. The number of aromatic nitrogens is 2. The van der Waals surface area contributed by atoms with Gasteiger partial charge in [0.05, 0.1) is 13.2 Å². The van der Waals surface area contributed by atoms with Crippen LogP contribution in [0, 0.1) is 5.92 Å². The van der Waals surface area contributed by atoms with E-state index in [1.54, 1.807) is 12.4 Å². The fraction of sp³-hybridized carbons (Fsp3) is 0.667. The lowest BCUT2D eigenvalue weighted by molar-refractivity contribution is 0.209. The van der Waals surface area contributed by atoms with Crippen molar-refractivity contribution in [2.75, 3.05) is 6.61 Å². The highest BCUT2D eigenvalue weighted by atomic mass is 16.3. The van der Waals surface area contributed by atoms with Gasteiger partial charge in [-0.25, -0.2) is 4.98 Å². The Balaban J connectivity index is 2.32. The molecule has 4 heteroatoms. The van der Waals surface area contributed by atoms with E-state index in [4.69, 9.17) is 5.11 Å². The van der Waals surface area contributed by atoms with Crippen LogP contribution in [0.1, 0.15) is 19.7 Å². The standard InChI is InChI=1S/C9H17N3O/c1-7(2)8(6-13)12-5-9-10-3-4-11-9/h3-4,7-8,12-13H,5-6H2,1-2H3,(H,10,11)/t8-/m1/s1. The quantitative estimate of drug-likeness (QED) is 0.623. The smallest absolute Gasteiger partial charge is 0.120 e. The number of nitrogens with one attached hydrogen (secondary N) is 2. The molecule has 0 fully saturated rings. The maximum absolute atomic E-state index is 9.03. The summed E-state index contributed by atoms with van der Waals surface area (Å²) in [5, 5.41) is 12.3. The second kappa shape index (κ2) is 4.99. The SMILES string of the molecule is CC(C)[C@@H](CO)NCc1ncc[nH]1. The summed E-state index contributed by atoms with van der Waals surface area (Å²) in [6, 6.07) is 0.144. The van der Waals surface area contributed by atoms with E-state index in [-0.39, 0.29) is 12.6 Å². The molecular weight excluding hydrogens is 166 g/mol. The molecule has 0 spiro atoms. The molecule has 1 rings (SSSR count). The van der Waals surface area contributed by atoms with E-state index in [0.717, 1.165) is 5.82 Å². The molecular formula is C9H17N3O. The summed E-state index contributed by atoms with van der Waals surface area (Å²) in [4.78, 5) is 7.08. The average molecular weight is 183 g/mol. The third kappa shape index (κ3) is 3.16. The van der Waals surface area contributed by atoms with Gasteiger partial charge in [-0.3, -0.25) is 0 Å². The second-order valence-corrected chi connectivity index (χ2v) is 3.45. The summed E-state index contributed by atoms with van der Waals surface area (Å²) in [6.45, 7) is 5.00. The predicted octanol–water partition coefficient (Wildman–Crippen LogP) is 0.516. The van der Waals surface area contributed by atoms with Gasteiger partial charge in [0.2, 0.25) is 0 Å². The van der Waals surface area contributed by atoms with E-state index in [0.29, 0.717) is 12.5 Å². The lowest BCUT2D eigenvalue weighted by atomic mass is 10.1. The van der Waals surface area contributed by atoms with Crippen LogP contribution in [0.2, 0.25) is 0 Å². The number of aliphatic hydroxyl groups excluding tert-OH is 1. The van der Waals surface area contributed by atoms with Gasteiger partial charge in [0.1, 0.15) is 5.82 Å². The van der Waals surface area contributed by atoms with Crippen LogP contribution in [0.15, 0.2) is 12.4 Å². The van der Waals surface area contributed by atoms with Crippen LogP contribution < -0.4 is 5.32 Å². The average Bonchev–Trinajstić information content (AvgIpc) is 2.57. The molecule has 1 aromatic heterocycles. The van der Waals surface area contributed by atoms with Crippen molar-refractivity contribution >= 4 is 0 Å². The Hall–Kier alpha value is -0.870. The Kier molecular flexibility index (Phi) is 3.92. The van der Waals surface area contributed by atoms with Crippen molar-refractivity contribution in [2.45, 2.75) is 26.4 Å². The molecule has 0 saturated carbocycles. The third-order valence-electron chi connectivity index (χ3n) is 2.09. The number of H-pyrrole nitrogens is 1. The van der Waals surface area contributed by atoms with Crippen LogP contribution in [-0.2, 0) is 6.54 Å². The van der Waals surface area contributed by atoms with E-state index >= 15 is 0 Å². The van der Waals surface area contributed by atoms with E-state index in [9.17, 15) is 0 Å². The third-order valence-corrected chi connectivity index (χ3v) is 2.09. The summed E-state index contributed by atoms with van der Waals surface area (Å²) >= 11 is 0. The van der Waals surface area contributed by atoms with Gasteiger partial charge in [-0.1, -0.05) is 13.8 Å². The minimum Gasteiger partial charge on any atom is -0.395 e. The summed E-state index contributed by atoms with van der Waals surface area (Å²) in [6.07, 6.45) is 3.51. The molecule has 0 aliphatic heterocycles. The Morgan fingerprint density at radius 3 is 2.85 bits per heavy atom. The lowest BCUT2D eigenvalue weighted by Crippen LogP contribution is -2.36. The van der Waals surface area contributed by atoms with Crippen molar-refractivity contribution in [1.29, 1.82) is 0 Å². The molecule has 0 aliphatic carbocycles. The largest absolute Gasteiger partial charge is 0.395 e. The van der Waals surface area contributed by atoms with Gasteiger partial charge < -0.3 is 15.4 Å². The molecule has 1 heterocycles. The number of imidazole rings is 1. The highest BCUT2D eigenvalue weighted by Gasteiger charge is 2.10. The number of aliphatic hydroxyl groups is 1. The summed E-state index contributed by atoms with van der Waals surface area (Å²) < 4.78 is 0. The molecule has 0 unspecified atom stereocenters. The Bertz CT molecular complexity index is 221. The first kappa shape index (κ1) is 10.2. The molecule has 0 saturated heterocycles. The number of hydrogen-bond donors (Lipinski definition) is 3. The van der Waals surface area contributed by atoms with Crippen LogP contribution in [0.5, 0.6) is 0 Å². The van der Waals surface area contributed by atoms with Crippen molar-refractivity contribution in [3.8, 4) is 0 Å². The molecule has 0 aromatic carbocycles. The number of rotatable bonds is 5. The highest BCUT2D eigenvalue weighted by molar-refractivity contribution is 4.87. The molecule has 0 aliphatic rings. The Morgan fingerprint density at radius 2 is 2.38 bits per heavy atom. The summed E-state index contributed by atoms with van der Waals surface area (Å²) in [7, 11) is 0. The summed E-state index contributed by atoms with van der Waals surface area (Å²) in [5.41, 5.74) is 0. The van der Waals surface area contributed by atoms with Crippen LogP contribution in [0.4, 0.5) is 0 Å². The molecule has 0 radical (unpaired) electrons. The van der Waals surface area contributed by atoms with E-state index < -0.39 is 0 Å². The van der Waals surface area contributed by atoms with Crippen molar-refractivity contribution in [1.82, 2.24) is 15.3 Å². The van der Waals surface area contributed by atoms with Crippen LogP contribution in [0.3, 0.4) is 0 Å². The molecule has 4 nitrogen and oxygen atoms in total. The van der Waals surface area contributed by atoms with Gasteiger partial charge in [0.25, 0.3) is 0 Å². The van der Waals surface area contributed by atoms with E-state index in [1.807, 2.05) is 0 Å². The van der Waals surface area contributed by atoms with Crippen LogP contribution >= 0.6 is 0 Å². The van der Waals surface area contributed by atoms with Crippen molar-refractivity contribution in [3.63, 3.8) is 0 Å². The number of hydrogen-bond acceptors (Lipinski definition) is 3. The first-order valence-corrected chi connectivity index (χ1v) is 4.56. The van der Waals surface area contributed by atoms with Gasteiger partial charge in [0, 0.05) is 18.4 Å². The van der Waals surface area contributed by atoms with Gasteiger partial charge in [-0.15, -0.1) is 0 Å². The van der Waals surface area contributed by atoms with Crippen molar-refractivity contribution in [3.05, 3.63) is 18.2 Å². The first-order valence-electron chi connectivity index (χ1n) is 4.56. The predicted molar refractivity (Wildman–Crippen MR) is 51.1 cm³/mol. The maximum Gasteiger partial charge on any atom is 0.120 e. The van der Waals surface area contributed by atoms with Gasteiger partial charge in [-0.05, 0) is 5.92 Å². The highest BCUT2D eigenvalue weighted by Crippen LogP contribution is 2.01. The van der Waals surface area contributed by atoms with Crippen molar-refractivity contribution in [2.24, 2.45) is 5.92 Å². The topological polar surface area (TPSA) is 60.9 Å². The van der Waals surface area contributed by atoms with Gasteiger partial charge in [-0.2, -0.15) is 0 Å². The van der Waals surface area contributed by atoms with Crippen LogP contribution in [0.25, 0.3) is 0 Å². The zero-order valence-corrected chi connectivity index (χ0v) is 8.12. The first-order chi connectivity index (χ1) is 6.24. The Labute approximate surface area is 78.4 Å². The maximum atomic E-state index is 9.03. The molecule has 1 atom stereocenters. The number of nitrogens with zero attached hydrogens (tertiary/aromatic N) is 1. The zero-order chi connectivity index (χ0) is 9.68. The summed E-state index contributed by atoms with van der Waals surface area (Å²) in [5.74, 6) is 1.33. The molecule has 0 amide bonds. The number of aromatic amines is 1. The molecule has 13 heavy (non-hydrogen) atoms. The van der Waals surface area contributed by atoms with Gasteiger partial charge >= 0.3 is 0 Å². The monoisotopic (exact) mass is 183 g/mol. The van der Waals surface area contributed by atoms with Crippen LogP contribution in [-0.4, -0.2) is 27.7 Å². The van der Waals surface area contributed by atoms with E-state index in [2.05, 4.69) is 29.1 Å². The van der Waals surface area contributed by atoms with Crippen molar-refractivity contribution < 1.29 is 5.11 Å². The molecule has 74 valence electrons. The molecule has 3 N–H and O–H groups in total. The normalized spacial score (nSPS) is 13.5. The van der Waals surface area contributed by atoms with Gasteiger partial charge in [0.15, 0.2) is 0 Å². The van der Waals surface area contributed by atoms with E-state index in [1.165, 1.54) is 0 Å². The minimum atomic E-state index is 0.144. The zero-order valence-electron chi connectivity index (χ0n) is 8.12.